The van der Waals surface area contributed by atoms with Crippen LogP contribution in [-0.4, -0.2) is 54.7 Å². The number of hydrogen-bond acceptors (Lipinski definition) is 6. The Labute approximate surface area is 189 Å². The van der Waals surface area contributed by atoms with Gasteiger partial charge in [-0.3, -0.25) is 4.79 Å². The molecule has 2 aromatic rings. The van der Waals surface area contributed by atoms with Gasteiger partial charge >= 0.3 is 0 Å². The van der Waals surface area contributed by atoms with Crippen molar-refractivity contribution < 1.29 is 13.2 Å². The van der Waals surface area contributed by atoms with Gasteiger partial charge in [-0.2, -0.15) is 0 Å². The van der Waals surface area contributed by atoms with E-state index in [2.05, 4.69) is 31.1 Å². The number of amides is 1. The zero-order valence-corrected chi connectivity index (χ0v) is 20.1. The molecule has 6 nitrogen and oxygen atoms in total. The van der Waals surface area contributed by atoms with E-state index in [1.165, 1.54) is 16.8 Å². The maximum absolute atomic E-state index is 12.6. The third-order valence-corrected chi connectivity index (χ3v) is 9.07. The SMILES string of the molecule is CC(C)(C)c1csc(C2CCN(CCCCN3C(=O)c4ccccc4S3(=O)=O)CC2)n1. The lowest BCUT2D eigenvalue weighted by Crippen LogP contribution is -2.35. The topological polar surface area (TPSA) is 70.6 Å². The summed E-state index contributed by atoms with van der Waals surface area (Å²) in [5.74, 6) is 0.151. The molecule has 1 amide bonds. The average molecular weight is 462 g/mol. The molecule has 8 heteroatoms. The Bertz CT molecular complexity index is 1050. The largest absolute Gasteiger partial charge is 0.303 e. The van der Waals surface area contributed by atoms with Crippen molar-refractivity contribution in [3.63, 3.8) is 0 Å². The highest BCUT2D eigenvalue weighted by Crippen LogP contribution is 2.33. The molecule has 0 aliphatic carbocycles. The summed E-state index contributed by atoms with van der Waals surface area (Å²) in [7, 11) is -3.68. The highest BCUT2D eigenvalue weighted by molar-refractivity contribution is 7.90. The van der Waals surface area contributed by atoms with Gasteiger partial charge in [-0.25, -0.2) is 17.7 Å². The number of sulfonamides is 1. The number of carbonyl (C=O) groups is 1. The fourth-order valence-corrected chi connectivity index (χ4v) is 7.09. The van der Waals surface area contributed by atoms with Crippen LogP contribution in [0.5, 0.6) is 0 Å². The van der Waals surface area contributed by atoms with Crippen molar-refractivity contribution in [1.82, 2.24) is 14.2 Å². The highest BCUT2D eigenvalue weighted by atomic mass is 32.2. The minimum Gasteiger partial charge on any atom is -0.303 e. The molecule has 0 spiro atoms. The van der Waals surface area contributed by atoms with Crippen LogP contribution in [0.3, 0.4) is 0 Å². The number of benzene rings is 1. The summed E-state index contributed by atoms with van der Waals surface area (Å²) in [5.41, 5.74) is 1.57. The predicted molar refractivity (Wildman–Crippen MR) is 123 cm³/mol. The minimum atomic E-state index is -3.68. The van der Waals surface area contributed by atoms with Gasteiger partial charge < -0.3 is 4.90 Å². The number of fused-ring (bicyclic) bond motifs is 1. The molecule has 4 rings (SSSR count). The normalized spacial score (nSPS) is 19.7. The van der Waals surface area contributed by atoms with E-state index in [0.29, 0.717) is 17.9 Å². The quantitative estimate of drug-likeness (QED) is 0.602. The third-order valence-electron chi connectivity index (χ3n) is 6.22. The molecule has 0 atom stereocenters. The van der Waals surface area contributed by atoms with Crippen LogP contribution in [0.15, 0.2) is 34.5 Å². The molecule has 31 heavy (non-hydrogen) atoms. The number of piperidine rings is 1. The Morgan fingerprint density at radius 2 is 1.77 bits per heavy atom. The maximum Gasteiger partial charge on any atom is 0.269 e. The smallest absolute Gasteiger partial charge is 0.269 e. The van der Waals surface area contributed by atoms with Crippen LogP contribution in [0, 0.1) is 0 Å². The monoisotopic (exact) mass is 461 g/mol. The Morgan fingerprint density at radius 3 is 2.42 bits per heavy atom. The van der Waals surface area contributed by atoms with E-state index in [-0.39, 0.29) is 16.9 Å². The first-order valence-corrected chi connectivity index (χ1v) is 13.3. The Balaban J connectivity index is 1.23. The standard InChI is InChI=1S/C23H31N3O3S2/c1-23(2,3)20-16-30-21(24-20)17-10-14-25(15-11-17)12-6-7-13-26-22(27)18-8-4-5-9-19(18)31(26,28)29/h4-5,8-9,16-17H,6-7,10-15H2,1-3H3. The summed E-state index contributed by atoms with van der Waals surface area (Å²) in [4.78, 5) is 20.0. The summed E-state index contributed by atoms with van der Waals surface area (Å²) in [6, 6.07) is 6.47. The van der Waals surface area contributed by atoms with Gasteiger partial charge in [0.1, 0.15) is 4.90 Å². The molecule has 3 heterocycles. The van der Waals surface area contributed by atoms with Gasteiger partial charge in [0.05, 0.1) is 16.3 Å². The van der Waals surface area contributed by atoms with Crippen LogP contribution < -0.4 is 0 Å². The lowest BCUT2D eigenvalue weighted by atomic mass is 9.93. The molecule has 1 aromatic heterocycles. The molecule has 168 valence electrons. The first-order chi connectivity index (χ1) is 14.7. The lowest BCUT2D eigenvalue weighted by molar-refractivity contribution is 0.0868. The van der Waals surface area contributed by atoms with Crippen molar-refractivity contribution in [2.45, 2.75) is 62.7 Å². The van der Waals surface area contributed by atoms with Gasteiger partial charge in [0, 0.05) is 23.3 Å². The van der Waals surface area contributed by atoms with E-state index < -0.39 is 15.9 Å². The van der Waals surface area contributed by atoms with Crippen molar-refractivity contribution in [2.75, 3.05) is 26.2 Å². The Kier molecular flexibility index (Phi) is 6.25. The van der Waals surface area contributed by atoms with Crippen molar-refractivity contribution in [1.29, 1.82) is 0 Å². The molecular weight excluding hydrogens is 430 g/mol. The molecule has 1 fully saturated rings. The summed E-state index contributed by atoms with van der Waals surface area (Å²) in [6.45, 7) is 9.88. The molecular formula is C23H31N3O3S2. The number of hydrogen-bond donors (Lipinski definition) is 0. The average Bonchev–Trinajstić information content (AvgIpc) is 3.30. The van der Waals surface area contributed by atoms with E-state index in [4.69, 9.17) is 4.98 Å². The number of unbranched alkanes of at least 4 members (excludes halogenated alkanes) is 1. The van der Waals surface area contributed by atoms with Crippen molar-refractivity contribution in [2.24, 2.45) is 0 Å². The fourth-order valence-electron chi connectivity index (χ4n) is 4.27. The lowest BCUT2D eigenvalue weighted by Gasteiger charge is -2.31. The summed E-state index contributed by atoms with van der Waals surface area (Å²) >= 11 is 1.79. The molecule has 0 radical (unpaired) electrons. The molecule has 1 saturated heterocycles. The van der Waals surface area contributed by atoms with Crippen LogP contribution in [0.4, 0.5) is 0 Å². The van der Waals surface area contributed by atoms with E-state index in [0.717, 1.165) is 43.2 Å². The zero-order chi connectivity index (χ0) is 22.2. The number of likely N-dealkylation sites (tertiary alicyclic amines) is 1. The highest BCUT2D eigenvalue weighted by Gasteiger charge is 2.40. The van der Waals surface area contributed by atoms with Crippen LogP contribution in [0.2, 0.25) is 0 Å². The van der Waals surface area contributed by atoms with Crippen molar-refractivity contribution >= 4 is 27.3 Å². The molecule has 2 aliphatic heterocycles. The number of thiazole rings is 1. The van der Waals surface area contributed by atoms with Crippen molar-refractivity contribution in [3.05, 3.63) is 45.9 Å². The fraction of sp³-hybridized carbons (Fsp3) is 0.565. The molecule has 1 aromatic carbocycles. The van der Waals surface area contributed by atoms with Gasteiger partial charge in [-0.15, -0.1) is 11.3 Å². The number of carbonyl (C=O) groups excluding carboxylic acids is 1. The molecule has 2 aliphatic rings. The summed E-state index contributed by atoms with van der Waals surface area (Å²) in [6.07, 6.45) is 3.79. The summed E-state index contributed by atoms with van der Waals surface area (Å²) in [5, 5.41) is 3.47. The first kappa shape index (κ1) is 22.4. The van der Waals surface area contributed by atoms with Gasteiger partial charge in [0.2, 0.25) is 0 Å². The van der Waals surface area contributed by atoms with E-state index in [1.54, 1.807) is 29.5 Å². The molecule has 0 bridgehead atoms. The second kappa shape index (κ2) is 8.64. The molecule has 0 saturated carbocycles. The minimum absolute atomic E-state index is 0.0982. The van der Waals surface area contributed by atoms with Gasteiger partial charge in [-0.1, -0.05) is 32.9 Å². The maximum atomic E-state index is 12.6. The van der Waals surface area contributed by atoms with Crippen LogP contribution in [0.25, 0.3) is 0 Å². The molecule has 0 unspecified atom stereocenters. The van der Waals surface area contributed by atoms with Crippen LogP contribution >= 0.6 is 11.3 Å². The van der Waals surface area contributed by atoms with E-state index >= 15 is 0 Å². The van der Waals surface area contributed by atoms with E-state index in [1.807, 2.05) is 0 Å². The second-order valence-electron chi connectivity index (χ2n) is 9.52. The Hall–Kier alpha value is -1.77. The number of rotatable bonds is 6. The predicted octanol–water partition coefficient (Wildman–Crippen LogP) is 4.24. The van der Waals surface area contributed by atoms with Gasteiger partial charge in [0.25, 0.3) is 15.9 Å². The van der Waals surface area contributed by atoms with Gasteiger partial charge in [0.15, 0.2) is 0 Å². The first-order valence-electron chi connectivity index (χ1n) is 11.0. The van der Waals surface area contributed by atoms with Crippen LogP contribution in [0.1, 0.15) is 73.4 Å². The number of aromatic nitrogens is 1. The number of nitrogens with zero attached hydrogens (tertiary/aromatic N) is 3. The van der Waals surface area contributed by atoms with Crippen LogP contribution in [-0.2, 0) is 15.4 Å². The second-order valence-corrected chi connectivity index (χ2v) is 12.2. The van der Waals surface area contributed by atoms with E-state index in [9.17, 15) is 13.2 Å². The van der Waals surface area contributed by atoms with Crippen molar-refractivity contribution in [3.8, 4) is 0 Å². The molecule has 0 N–H and O–H groups in total. The summed E-state index contributed by atoms with van der Waals surface area (Å²) < 4.78 is 26.3. The third kappa shape index (κ3) is 4.56. The zero-order valence-electron chi connectivity index (χ0n) is 18.5. The van der Waals surface area contributed by atoms with Gasteiger partial charge in [-0.05, 0) is 57.5 Å². The Morgan fingerprint density at radius 1 is 1.10 bits per heavy atom.